The largest absolute Gasteiger partial charge is 0.493 e. The van der Waals surface area contributed by atoms with Gasteiger partial charge in [0.25, 0.3) is 0 Å². The van der Waals surface area contributed by atoms with Crippen molar-refractivity contribution < 1.29 is 9.47 Å². The molecule has 1 unspecified atom stereocenters. The maximum absolute atomic E-state index is 5.90. The van der Waals surface area contributed by atoms with Gasteiger partial charge in [0.2, 0.25) is 0 Å². The molecule has 1 aliphatic heterocycles. The molecule has 112 valence electrons. The van der Waals surface area contributed by atoms with Gasteiger partial charge in [-0.2, -0.15) is 11.8 Å². The molecule has 0 aromatic heterocycles. The Labute approximate surface area is 131 Å². The predicted molar refractivity (Wildman–Crippen MR) is 87.6 cm³/mol. The summed E-state index contributed by atoms with van der Waals surface area (Å²) < 4.78 is 11.0. The molecule has 0 radical (unpaired) electrons. The first-order chi connectivity index (χ1) is 9.64. The third-order valence-corrected chi connectivity index (χ3v) is 5.80. The van der Waals surface area contributed by atoms with Crippen molar-refractivity contribution in [3.63, 3.8) is 0 Å². The highest BCUT2D eigenvalue weighted by molar-refractivity contribution is 8.00. The van der Waals surface area contributed by atoms with Crippen molar-refractivity contribution in [2.24, 2.45) is 0 Å². The van der Waals surface area contributed by atoms with Crippen LogP contribution in [0, 0.1) is 0 Å². The molecule has 0 N–H and O–H groups in total. The Morgan fingerprint density at radius 1 is 1.25 bits per heavy atom. The number of alkyl halides is 1. The number of fused-ring (bicyclic) bond motifs is 1. The van der Waals surface area contributed by atoms with Crippen molar-refractivity contribution in [2.45, 2.75) is 37.4 Å². The van der Waals surface area contributed by atoms with E-state index in [2.05, 4.69) is 19.1 Å². The van der Waals surface area contributed by atoms with Crippen LogP contribution in [0.25, 0.3) is 0 Å². The van der Waals surface area contributed by atoms with Gasteiger partial charge in [-0.15, -0.1) is 11.6 Å². The molecule has 0 fully saturated rings. The Bertz CT molecular complexity index is 464. The van der Waals surface area contributed by atoms with E-state index in [1.165, 1.54) is 23.3 Å². The summed E-state index contributed by atoms with van der Waals surface area (Å²) in [5.74, 6) is 3.57. The van der Waals surface area contributed by atoms with Crippen LogP contribution in [0.15, 0.2) is 12.1 Å². The molecule has 20 heavy (non-hydrogen) atoms. The van der Waals surface area contributed by atoms with Gasteiger partial charge >= 0.3 is 0 Å². The third-order valence-electron chi connectivity index (χ3n) is 3.98. The van der Waals surface area contributed by atoms with Crippen LogP contribution in [-0.2, 0) is 11.2 Å². The normalized spacial score (nSPS) is 22.0. The van der Waals surface area contributed by atoms with Gasteiger partial charge in [0.15, 0.2) is 11.5 Å². The number of rotatable bonds is 5. The summed E-state index contributed by atoms with van der Waals surface area (Å²) in [6, 6.07) is 4.32. The van der Waals surface area contributed by atoms with Crippen molar-refractivity contribution in [3.8, 4) is 11.5 Å². The number of aryl methyl sites for hydroxylation is 1. The van der Waals surface area contributed by atoms with Crippen LogP contribution >= 0.6 is 23.4 Å². The van der Waals surface area contributed by atoms with Crippen LogP contribution in [0.3, 0.4) is 0 Å². The molecule has 1 aromatic carbocycles. The number of methoxy groups -OCH3 is 2. The van der Waals surface area contributed by atoms with E-state index in [4.69, 9.17) is 21.1 Å². The first-order valence-corrected chi connectivity index (χ1v) is 8.62. The molecular weight excluding hydrogens is 292 g/mol. The molecule has 0 aliphatic carbocycles. The topological polar surface area (TPSA) is 18.5 Å². The van der Waals surface area contributed by atoms with Gasteiger partial charge in [0.1, 0.15) is 0 Å². The van der Waals surface area contributed by atoms with Gasteiger partial charge in [-0.25, -0.2) is 0 Å². The number of ether oxygens (including phenoxy) is 2. The molecule has 0 amide bonds. The Kier molecular flexibility index (Phi) is 5.50. The molecule has 4 heteroatoms. The average Bonchev–Trinajstić information content (AvgIpc) is 2.63. The zero-order valence-electron chi connectivity index (χ0n) is 12.5. The van der Waals surface area contributed by atoms with Crippen LogP contribution in [0.2, 0.25) is 0 Å². The van der Waals surface area contributed by atoms with E-state index >= 15 is 0 Å². The highest BCUT2D eigenvalue weighted by Crippen LogP contribution is 2.47. The maximum Gasteiger partial charge on any atom is 0.161 e. The second-order valence-electron chi connectivity index (χ2n) is 5.34. The van der Waals surface area contributed by atoms with E-state index in [0.717, 1.165) is 36.6 Å². The van der Waals surface area contributed by atoms with E-state index in [9.17, 15) is 0 Å². The minimum atomic E-state index is 0.125. The number of hydrogen-bond donors (Lipinski definition) is 0. The highest BCUT2D eigenvalue weighted by Gasteiger charge is 2.32. The van der Waals surface area contributed by atoms with E-state index in [1.807, 2.05) is 11.8 Å². The van der Waals surface area contributed by atoms with E-state index in [0.29, 0.717) is 0 Å². The van der Waals surface area contributed by atoms with Gasteiger partial charge < -0.3 is 9.47 Å². The van der Waals surface area contributed by atoms with E-state index in [1.54, 1.807) is 14.2 Å². The lowest BCUT2D eigenvalue weighted by atomic mass is 9.89. The lowest BCUT2D eigenvalue weighted by Crippen LogP contribution is -2.19. The Morgan fingerprint density at radius 2 is 1.95 bits per heavy atom. The van der Waals surface area contributed by atoms with Crippen molar-refractivity contribution >= 4 is 23.4 Å². The smallest absolute Gasteiger partial charge is 0.161 e. The van der Waals surface area contributed by atoms with E-state index < -0.39 is 0 Å². The van der Waals surface area contributed by atoms with Crippen LogP contribution in [0.5, 0.6) is 11.5 Å². The van der Waals surface area contributed by atoms with Gasteiger partial charge in [0, 0.05) is 10.6 Å². The molecule has 1 aromatic rings. The van der Waals surface area contributed by atoms with Crippen LogP contribution in [0.4, 0.5) is 0 Å². The van der Waals surface area contributed by atoms with Crippen LogP contribution < -0.4 is 9.47 Å². The first kappa shape index (κ1) is 15.8. The van der Waals surface area contributed by atoms with Crippen LogP contribution in [-0.4, -0.2) is 25.9 Å². The van der Waals surface area contributed by atoms with Crippen molar-refractivity contribution in [1.29, 1.82) is 0 Å². The molecule has 2 rings (SSSR count). The molecule has 0 saturated carbocycles. The first-order valence-electron chi connectivity index (χ1n) is 7.10. The minimum Gasteiger partial charge on any atom is -0.493 e. The van der Waals surface area contributed by atoms with Crippen molar-refractivity contribution in [3.05, 3.63) is 23.3 Å². The SMILES string of the molecule is COc1cc2c(cc1OC)C(C)(CCCCl)SCCC2. The molecular formula is C16H23ClO2S. The zero-order chi connectivity index (χ0) is 14.6. The highest BCUT2D eigenvalue weighted by atomic mass is 35.5. The number of thioether (sulfide) groups is 1. The second kappa shape index (κ2) is 6.95. The molecule has 0 spiro atoms. The predicted octanol–water partition coefficient (Wildman–Crippen LogP) is 4.62. The molecule has 1 heterocycles. The number of hydrogen-bond acceptors (Lipinski definition) is 3. The van der Waals surface area contributed by atoms with Gasteiger partial charge in [-0.1, -0.05) is 0 Å². The summed E-state index contributed by atoms with van der Waals surface area (Å²) in [5, 5.41) is 0. The lowest BCUT2D eigenvalue weighted by molar-refractivity contribution is 0.353. The fraction of sp³-hybridized carbons (Fsp3) is 0.625. The van der Waals surface area contributed by atoms with Gasteiger partial charge in [0.05, 0.1) is 14.2 Å². The number of benzene rings is 1. The second-order valence-corrected chi connectivity index (χ2v) is 7.32. The Hall–Kier alpha value is -0.540. The lowest BCUT2D eigenvalue weighted by Gasteiger charge is -2.30. The molecule has 0 bridgehead atoms. The Morgan fingerprint density at radius 3 is 2.60 bits per heavy atom. The fourth-order valence-corrected chi connectivity index (χ4v) is 4.38. The maximum atomic E-state index is 5.90. The van der Waals surface area contributed by atoms with Crippen molar-refractivity contribution in [1.82, 2.24) is 0 Å². The summed E-state index contributed by atoms with van der Waals surface area (Å²) in [6.45, 7) is 2.33. The zero-order valence-corrected chi connectivity index (χ0v) is 14.1. The van der Waals surface area contributed by atoms with E-state index in [-0.39, 0.29) is 4.75 Å². The van der Waals surface area contributed by atoms with Gasteiger partial charge in [-0.3, -0.25) is 0 Å². The third kappa shape index (κ3) is 3.20. The molecule has 2 nitrogen and oxygen atoms in total. The summed E-state index contributed by atoms with van der Waals surface area (Å²) >= 11 is 7.95. The average molecular weight is 315 g/mol. The van der Waals surface area contributed by atoms with Crippen LogP contribution in [0.1, 0.15) is 37.3 Å². The summed E-state index contributed by atoms with van der Waals surface area (Å²) in [5.41, 5.74) is 2.78. The molecule has 1 aliphatic rings. The molecule has 0 saturated heterocycles. The summed E-state index contributed by atoms with van der Waals surface area (Å²) in [7, 11) is 3.40. The Balaban J connectivity index is 2.46. The van der Waals surface area contributed by atoms with Gasteiger partial charge in [-0.05, 0) is 61.6 Å². The monoisotopic (exact) mass is 314 g/mol. The minimum absolute atomic E-state index is 0.125. The van der Waals surface area contributed by atoms with Crippen molar-refractivity contribution in [2.75, 3.05) is 25.9 Å². The standard InChI is InChI=1S/C16H23ClO2S/c1-16(7-5-8-17)13-11-15(19-3)14(18-2)10-12(13)6-4-9-20-16/h10-11H,4-9H2,1-3H3. The number of halogens is 1. The quantitative estimate of drug-likeness (QED) is 0.739. The fourth-order valence-electron chi connectivity index (χ4n) is 2.87. The molecule has 1 atom stereocenters. The summed E-state index contributed by atoms with van der Waals surface area (Å²) in [6.07, 6.45) is 4.46. The summed E-state index contributed by atoms with van der Waals surface area (Å²) in [4.78, 5) is 0.